The van der Waals surface area contributed by atoms with E-state index in [0.29, 0.717) is 5.56 Å². The van der Waals surface area contributed by atoms with Crippen LogP contribution in [-0.4, -0.2) is 0 Å². The first kappa shape index (κ1) is 13.1. The molecule has 0 saturated heterocycles. The average Bonchev–Trinajstić information content (AvgIpc) is 2.20. The smallest absolute Gasteiger partial charge is 0.142 e. The van der Waals surface area contributed by atoms with Crippen molar-refractivity contribution in [1.29, 1.82) is 0 Å². The van der Waals surface area contributed by atoms with Crippen molar-refractivity contribution in [2.75, 3.05) is 0 Å². The molecular formula is C13H9F2Ti. The van der Waals surface area contributed by atoms with Crippen molar-refractivity contribution < 1.29 is 30.5 Å². The summed E-state index contributed by atoms with van der Waals surface area (Å²) in [5, 5.41) is 0. The Labute approximate surface area is 108 Å². The van der Waals surface area contributed by atoms with Crippen molar-refractivity contribution in [1.82, 2.24) is 0 Å². The van der Waals surface area contributed by atoms with Crippen LogP contribution in [0.25, 0.3) is 11.1 Å². The van der Waals surface area contributed by atoms with Crippen molar-refractivity contribution in [2.45, 2.75) is 6.92 Å². The van der Waals surface area contributed by atoms with Crippen molar-refractivity contribution >= 4 is 0 Å². The van der Waals surface area contributed by atoms with Gasteiger partial charge in [-0.05, 0) is 24.6 Å². The van der Waals surface area contributed by atoms with E-state index in [4.69, 9.17) is 0 Å². The van der Waals surface area contributed by atoms with Crippen LogP contribution >= 0.6 is 0 Å². The summed E-state index contributed by atoms with van der Waals surface area (Å²) in [5.41, 5.74) is 2.20. The van der Waals surface area contributed by atoms with Gasteiger partial charge < -0.3 is 0 Å². The van der Waals surface area contributed by atoms with Crippen LogP contribution in [0.4, 0.5) is 8.78 Å². The largest absolute Gasteiger partial charge is 0.206 e. The number of hydrogen-bond donors (Lipinski definition) is 0. The number of rotatable bonds is 1. The van der Waals surface area contributed by atoms with Crippen molar-refractivity contribution in [3.63, 3.8) is 0 Å². The van der Waals surface area contributed by atoms with Crippen LogP contribution < -0.4 is 0 Å². The summed E-state index contributed by atoms with van der Waals surface area (Å²) in [4.78, 5) is 0. The first-order valence-electron chi connectivity index (χ1n) is 4.61. The Kier molecular flexibility index (Phi) is 4.39. The molecular weight excluding hydrogens is 242 g/mol. The zero-order valence-corrected chi connectivity index (χ0v) is 10.3. The molecule has 2 aromatic carbocycles. The first-order chi connectivity index (χ1) is 7.16. The van der Waals surface area contributed by atoms with Crippen LogP contribution in [0.1, 0.15) is 5.56 Å². The second kappa shape index (κ2) is 5.38. The third-order valence-electron chi connectivity index (χ3n) is 2.22. The third kappa shape index (κ3) is 2.78. The van der Waals surface area contributed by atoms with Crippen molar-refractivity contribution in [3.05, 3.63) is 59.7 Å². The van der Waals surface area contributed by atoms with E-state index < -0.39 is 11.6 Å². The first-order valence-corrected chi connectivity index (χ1v) is 4.61. The second-order valence-electron chi connectivity index (χ2n) is 3.40. The van der Waals surface area contributed by atoms with Crippen LogP contribution in [0, 0.1) is 24.6 Å². The molecule has 1 radical (unpaired) electrons. The van der Waals surface area contributed by atoms with E-state index in [-0.39, 0.29) is 21.7 Å². The summed E-state index contributed by atoms with van der Waals surface area (Å²) >= 11 is 0. The fourth-order valence-corrected chi connectivity index (χ4v) is 1.40. The normalized spacial score (nSPS) is 9.69. The Morgan fingerprint density at radius 1 is 0.938 bits per heavy atom. The quantitative estimate of drug-likeness (QED) is 0.677. The van der Waals surface area contributed by atoms with Crippen LogP contribution in [-0.2, 0) is 21.7 Å². The van der Waals surface area contributed by atoms with E-state index in [1.54, 1.807) is 12.1 Å². The second-order valence-corrected chi connectivity index (χ2v) is 3.40. The summed E-state index contributed by atoms with van der Waals surface area (Å²) in [7, 11) is 0. The predicted octanol–water partition coefficient (Wildman–Crippen LogP) is 3.74. The van der Waals surface area contributed by atoms with Gasteiger partial charge in [-0.2, -0.15) is 0 Å². The number of benzene rings is 2. The molecule has 0 spiro atoms. The van der Waals surface area contributed by atoms with Gasteiger partial charge in [0.25, 0.3) is 0 Å². The molecule has 16 heavy (non-hydrogen) atoms. The molecule has 0 aliphatic rings. The molecule has 0 unspecified atom stereocenters. The van der Waals surface area contributed by atoms with Crippen LogP contribution in [0.3, 0.4) is 0 Å². The summed E-state index contributed by atoms with van der Waals surface area (Å²) in [5.74, 6) is -1.33. The van der Waals surface area contributed by atoms with E-state index in [9.17, 15) is 8.78 Å². The third-order valence-corrected chi connectivity index (χ3v) is 2.22. The fourth-order valence-electron chi connectivity index (χ4n) is 1.40. The van der Waals surface area contributed by atoms with Gasteiger partial charge in [-0.15, -0.1) is 0 Å². The minimum absolute atomic E-state index is 0. The Hall–Kier alpha value is -0.986. The molecule has 0 fully saturated rings. The van der Waals surface area contributed by atoms with E-state index in [0.717, 1.165) is 11.1 Å². The van der Waals surface area contributed by atoms with Gasteiger partial charge in [-0.1, -0.05) is 29.8 Å². The maximum atomic E-state index is 13.3. The Morgan fingerprint density at radius 3 is 2.12 bits per heavy atom. The molecule has 0 aromatic heterocycles. The molecule has 3 heteroatoms. The topological polar surface area (TPSA) is 0 Å². The predicted molar refractivity (Wildman–Crippen MR) is 55.4 cm³/mol. The van der Waals surface area contributed by atoms with Gasteiger partial charge in [0.15, 0.2) is 0 Å². The van der Waals surface area contributed by atoms with Gasteiger partial charge in [0.05, 0.1) is 6.07 Å². The van der Waals surface area contributed by atoms with E-state index in [1.165, 1.54) is 12.1 Å². The molecule has 0 aliphatic carbocycles. The van der Waals surface area contributed by atoms with Crippen LogP contribution in [0.5, 0.6) is 0 Å². The Morgan fingerprint density at radius 2 is 1.56 bits per heavy atom. The Bertz CT molecular complexity index is 478. The fraction of sp³-hybridized carbons (Fsp3) is 0.0769. The standard InChI is InChI=1S/C13H9F2.Ti/c1-9-2-4-10(5-3-9)12-7-6-11(14)8-13(12)15;/h2-7H,1H3;. The van der Waals surface area contributed by atoms with E-state index in [1.807, 2.05) is 25.1 Å². The summed E-state index contributed by atoms with van der Waals surface area (Å²) in [6.45, 7) is 1.96. The zero-order valence-electron chi connectivity index (χ0n) is 8.72. The summed E-state index contributed by atoms with van der Waals surface area (Å²) in [6.07, 6.45) is 0. The number of aryl methyl sites for hydroxylation is 1. The summed E-state index contributed by atoms with van der Waals surface area (Å²) < 4.78 is 26.0. The number of hydrogen-bond acceptors (Lipinski definition) is 0. The van der Waals surface area contributed by atoms with Crippen LogP contribution in [0.2, 0.25) is 0 Å². The molecule has 0 N–H and O–H groups in total. The van der Waals surface area contributed by atoms with Gasteiger partial charge in [0.1, 0.15) is 11.6 Å². The van der Waals surface area contributed by atoms with Gasteiger partial charge in [0, 0.05) is 27.3 Å². The number of halogens is 2. The maximum Gasteiger partial charge on any atom is 0.142 e. The van der Waals surface area contributed by atoms with Crippen molar-refractivity contribution in [2.24, 2.45) is 0 Å². The molecule has 0 nitrogen and oxygen atoms in total. The molecule has 0 heterocycles. The minimum Gasteiger partial charge on any atom is -0.206 e. The molecule has 0 bridgehead atoms. The zero-order chi connectivity index (χ0) is 10.8. The molecule has 2 rings (SSSR count). The molecule has 2 aromatic rings. The maximum absolute atomic E-state index is 13.3. The molecule has 0 aliphatic heterocycles. The van der Waals surface area contributed by atoms with Crippen LogP contribution in [0.15, 0.2) is 36.4 Å². The van der Waals surface area contributed by atoms with Gasteiger partial charge in [0.2, 0.25) is 0 Å². The SMILES string of the molecule is Cc1ccc(-c2ccc(F)[c]c2F)cc1.[Ti]. The average molecular weight is 251 g/mol. The van der Waals surface area contributed by atoms with E-state index in [2.05, 4.69) is 0 Å². The van der Waals surface area contributed by atoms with E-state index >= 15 is 0 Å². The van der Waals surface area contributed by atoms with Gasteiger partial charge in [-0.3, -0.25) is 0 Å². The van der Waals surface area contributed by atoms with Crippen molar-refractivity contribution in [3.8, 4) is 11.1 Å². The monoisotopic (exact) mass is 251 g/mol. The Balaban J connectivity index is 0.00000128. The molecule has 79 valence electrons. The van der Waals surface area contributed by atoms with Gasteiger partial charge in [-0.25, -0.2) is 8.78 Å². The minimum atomic E-state index is -0.677. The molecule has 0 amide bonds. The summed E-state index contributed by atoms with van der Waals surface area (Å²) in [6, 6.07) is 12.0. The van der Waals surface area contributed by atoms with Gasteiger partial charge >= 0.3 is 0 Å². The molecule has 0 atom stereocenters. The molecule has 0 saturated carbocycles.